The molecule has 0 bridgehead atoms. The zero-order chi connectivity index (χ0) is 20.4. The third kappa shape index (κ3) is 4.19. The molecule has 2 aromatic carbocycles. The highest BCUT2D eigenvalue weighted by Crippen LogP contribution is 2.33. The molecule has 2 heterocycles. The average Bonchev–Trinajstić information content (AvgIpc) is 3.24. The van der Waals surface area contributed by atoms with Crippen molar-refractivity contribution < 1.29 is 13.2 Å². The fraction of sp³-hybridized carbons (Fsp3) is 0.455. The van der Waals surface area contributed by atoms with E-state index in [2.05, 4.69) is 23.0 Å². The van der Waals surface area contributed by atoms with Gasteiger partial charge < -0.3 is 4.74 Å². The van der Waals surface area contributed by atoms with Crippen LogP contribution >= 0.6 is 0 Å². The van der Waals surface area contributed by atoms with Gasteiger partial charge in [0.25, 0.3) is 0 Å². The maximum absolute atomic E-state index is 13.0. The molecule has 2 atom stereocenters. The summed E-state index contributed by atoms with van der Waals surface area (Å²) < 4.78 is 33.0. The summed E-state index contributed by atoms with van der Waals surface area (Å²) >= 11 is 0. The van der Waals surface area contributed by atoms with E-state index in [4.69, 9.17) is 4.74 Å². The van der Waals surface area contributed by atoms with Gasteiger partial charge in [0.05, 0.1) is 12.0 Å². The van der Waals surface area contributed by atoms with E-state index in [1.165, 1.54) is 5.56 Å². The Balaban J connectivity index is 1.37. The second-order valence-corrected chi connectivity index (χ2v) is 9.87. The predicted octanol–water partition coefficient (Wildman–Crippen LogP) is 3.01. The summed E-state index contributed by atoms with van der Waals surface area (Å²) in [4.78, 5) is 0.428. The number of nitrogens with one attached hydrogen (secondary N) is 2. The van der Waals surface area contributed by atoms with Crippen molar-refractivity contribution in [2.45, 2.75) is 43.2 Å². The van der Waals surface area contributed by atoms with Gasteiger partial charge in [-0.05, 0) is 61.4 Å². The second kappa shape index (κ2) is 8.44. The van der Waals surface area contributed by atoms with Crippen molar-refractivity contribution in [2.75, 3.05) is 20.2 Å². The molecule has 29 heavy (non-hydrogen) atoms. The van der Waals surface area contributed by atoms with Gasteiger partial charge in [-0.25, -0.2) is 8.42 Å². The molecular formula is C22H29N3O3S. The van der Waals surface area contributed by atoms with Gasteiger partial charge in [-0.1, -0.05) is 30.3 Å². The quantitative estimate of drug-likeness (QED) is 0.786. The maximum atomic E-state index is 13.0. The van der Waals surface area contributed by atoms with Crippen molar-refractivity contribution in [1.82, 2.24) is 15.2 Å². The van der Waals surface area contributed by atoms with Gasteiger partial charge in [-0.2, -0.15) is 4.31 Å². The number of nitrogens with zero attached hydrogens (tertiary/aromatic N) is 1. The number of piperidine rings is 1. The van der Waals surface area contributed by atoms with Crippen molar-refractivity contribution in [3.63, 3.8) is 0 Å². The van der Waals surface area contributed by atoms with Crippen LogP contribution in [0.3, 0.4) is 0 Å². The van der Waals surface area contributed by atoms with E-state index in [-0.39, 0.29) is 6.04 Å². The molecule has 7 heteroatoms. The molecule has 2 aliphatic heterocycles. The molecule has 2 aliphatic rings. The fourth-order valence-electron chi connectivity index (χ4n) is 4.47. The van der Waals surface area contributed by atoms with Crippen molar-refractivity contribution >= 4 is 10.0 Å². The van der Waals surface area contributed by atoms with Gasteiger partial charge in [0.2, 0.25) is 10.0 Å². The molecule has 2 N–H and O–H groups in total. The van der Waals surface area contributed by atoms with Gasteiger partial charge in [-0.15, -0.1) is 0 Å². The summed E-state index contributed by atoms with van der Waals surface area (Å²) in [5.41, 5.74) is 8.87. The molecular weight excluding hydrogens is 386 g/mol. The Morgan fingerprint density at radius 2 is 1.79 bits per heavy atom. The Morgan fingerprint density at radius 1 is 1.03 bits per heavy atom. The molecule has 0 spiro atoms. The molecule has 0 radical (unpaired) electrons. The Labute approximate surface area is 173 Å². The number of benzene rings is 2. The van der Waals surface area contributed by atoms with Crippen LogP contribution in [0.4, 0.5) is 0 Å². The van der Waals surface area contributed by atoms with Gasteiger partial charge in [0.15, 0.2) is 0 Å². The van der Waals surface area contributed by atoms with Crippen molar-refractivity contribution in [2.24, 2.45) is 5.92 Å². The van der Waals surface area contributed by atoms with Crippen LogP contribution in [0, 0.1) is 12.8 Å². The van der Waals surface area contributed by atoms with Gasteiger partial charge >= 0.3 is 0 Å². The van der Waals surface area contributed by atoms with Gasteiger partial charge in [0, 0.05) is 25.2 Å². The normalized spacial score (nSPS) is 23.9. The van der Waals surface area contributed by atoms with Crippen LogP contribution in [0.15, 0.2) is 53.4 Å². The lowest BCUT2D eigenvalue weighted by Gasteiger charge is -2.34. The summed E-state index contributed by atoms with van der Waals surface area (Å²) in [6, 6.07) is 16.0. The van der Waals surface area contributed by atoms with Crippen LogP contribution in [0.2, 0.25) is 0 Å². The van der Waals surface area contributed by atoms with Crippen LogP contribution in [-0.4, -0.2) is 39.0 Å². The van der Waals surface area contributed by atoms with E-state index in [1.54, 1.807) is 23.5 Å². The number of methoxy groups -OCH3 is 1. The molecule has 0 saturated carbocycles. The second-order valence-electron chi connectivity index (χ2n) is 7.97. The average molecular weight is 416 g/mol. The summed E-state index contributed by atoms with van der Waals surface area (Å²) in [7, 11) is -1.74. The Hall–Kier alpha value is -1.93. The topological polar surface area (TPSA) is 70.7 Å². The summed E-state index contributed by atoms with van der Waals surface area (Å²) in [5.74, 6) is 1.32. The number of hydrogen-bond acceptors (Lipinski definition) is 5. The molecule has 2 unspecified atom stereocenters. The first-order valence-corrected chi connectivity index (χ1v) is 11.6. The van der Waals surface area contributed by atoms with Crippen LogP contribution < -0.4 is 15.6 Å². The first-order valence-electron chi connectivity index (χ1n) is 10.2. The lowest BCUT2D eigenvalue weighted by Crippen LogP contribution is -2.44. The smallest absolute Gasteiger partial charge is 0.243 e. The van der Waals surface area contributed by atoms with Crippen LogP contribution in [0.1, 0.15) is 36.4 Å². The van der Waals surface area contributed by atoms with E-state index in [1.807, 2.05) is 31.2 Å². The fourth-order valence-corrected chi connectivity index (χ4v) is 6.17. The Morgan fingerprint density at radius 3 is 2.52 bits per heavy atom. The van der Waals surface area contributed by atoms with Crippen molar-refractivity contribution in [1.29, 1.82) is 0 Å². The van der Waals surface area contributed by atoms with Crippen LogP contribution in [0.5, 0.6) is 5.75 Å². The molecule has 2 fully saturated rings. The molecule has 0 aromatic heterocycles. The third-order valence-corrected chi connectivity index (χ3v) is 8.27. The summed E-state index contributed by atoms with van der Waals surface area (Å²) in [6.45, 7) is 3.00. The van der Waals surface area contributed by atoms with Gasteiger partial charge in [0.1, 0.15) is 5.75 Å². The first-order chi connectivity index (χ1) is 14.0. The van der Waals surface area contributed by atoms with E-state index < -0.39 is 10.0 Å². The predicted molar refractivity (Wildman–Crippen MR) is 113 cm³/mol. The molecule has 0 aliphatic carbocycles. The minimum absolute atomic E-state index is 0.240. The Bertz CT molecular complexity index is 955. The van der Waals surface area contributed by atoms with Crippen LogP contribution in [0.25, 0.3) is 0 Å². The molecule has 2 saturated heterocycles. The van der Waals surface area contributed by atoms with Crippen LogP contribution in [-0.2, 0) is 10.0 Å². The third-order valence-electron chi connectivity index (χ3n) is 6.21. The minimum Gasteiger partial charge on any atom is -0.497 e. The van der Waals surface area contributed by atoms with Gasteiger partial charge in [-0.3, -0.25) is 10.9 Å². The summed E-state index contributed by atoms with van der Waals surface area (Å²) in [5, 5.41) is 0. The Kier molecular flexibility index (Phi) is 5.92. The van der Waals surface area contributed by atoms with E-state index >= 15 is 0 Å². The highest BCUT2D eigenvalue weighted by atomic mass is 32.2. The molecule has 156 valence electrons. The number of hydrogen-bond donors (Lipinski definition) is 2. The number of aryl methyl sites for hydroxylation is 1. The van der Waals surface area contributed by atoms with E-state index in [9.17, 15) is 8.42 Å². The standard InChI is InChI=1S/C22H29N3O3S/c1-16-6-3-4-9-22(16)29(26,27)25-12-10-17(11-13-25)20-15-21(24-23-20)18-7-5-8-19(14-18)28-2/h3-9,14,17,20-21,23-24H,10-13,15H2,1-2H3. The van der Waals surface area contributed by atoms with E-state index in [0.717, 1.165) is 30.6 Å². The number of hydrazine groups is 1. The van der Waals surface area contributed by atoms with Crippen molar-refractivity contribution in [3.05, 3.63) is 59.7 Å². The maximum Gasteiger partial charge on any atom is 0.243 e. The SMILES string of the molecule is COc1cccc(C2CC(C3CCN(S(=O)(=O)c4ccccc4C)CC3)NN2)c1. The minimum atomic E-state index is -3.42. The zero-order valence-electron chi connectivity index (χ0n) is 17.0. The molecule has 2 aromatic rings. The summed E-state index contributed by atoms with van der Waals surface area (Å²) in [6.07, 6.45) is 2.73. The molecule has 0 amide bonds. The lowest BCUT2D eigenvalue weighted by atomic mass is 9.87. The van der Waals surface area contributed by atoms with Crippen molar-refractivity contribution in [3.8, 4) is 5.75 Å². The first kappa shape index (κ1) is 20.3. The molecule has 6 nitrogen and oxygen atoms in total. The van der Waals surface area contributed by atoms with E-state index in [0.29, 0.717) is 29.9 Å². The molecule has 4 rings (SSSR count). The monoisotopic (exact) mass is 415 g/mol. The highest BCUT2D eigenvalue weighted by Gasteiger charge is 2.36. The number of ether oxygens (including phenoxy) is 1. The highest BCUT2D eigenvalue weighted by molar-refractivity contribution is 7.89. The number of sulfonamides is 1. The lowest BCUT2D eigenvalue weighted by molar-refractivity contribution is 0.230. The number of rotatable bonds is 5. The zero-order valence-corrected chi connectivity index (χ0v) is 17.8. The largest absolute Gasteiger partial charge is 0.497 e.